The molecule has 1 aromatic heterocycles. The lowest BCUT2D eigenvalue weighted by molar-refractivity contribution is 0.477. The summed E-state index contributed by atoms with van der Waals surface area (Å²) in [4.78, 5) is 9.79. The number of para-hydroxylation sites is 7. The van der Waals surface area contributed by atoms with Crippen LogP contribution in [-0.4, -0.2) is 14.8 Å². The minimum atomic E-state index is -0.110. The van der Waals surface area contributed by atoms with Crippen molar-refractivity contribution in [2.24, 2.45) is 0 Å². The molecule has 3 heterocycles. The van der Waals surface area contributed by atoms with E-state index in [0.717, 1.165) is 56.9 Å². The summed E-state index contributed by atoms with van der Waals surface area (Å²) in [5, 5.41) is 5.09. The minimum absolute atomic E-state index is 0.110. The molecule has 0 atom stereocenters. The van der Waals surface area contributed by atoms with E-state index in [0.29, 0.717) is 5.82 Å². The maximum absolute atomic E-state index is 6.24. The second kappa shape index (κ2) is 12.1. The molecule has 0 amide bonds. The van der Waals surface area contributed by atoms with Crippen LogP contribution in [0.25, 0.3) is 28.5 Å². The number of benzene rings is 7. The predicted octanol–water partition coefficient (Wildman–Crippen LogP) is 12.3. The van der Waals surface area contributed by atoms with Crippen LogP contribution in [0.15, 0.2) is 176 Å². The van der Waals surface area contributed by atoms with E-state index < -0.39 is 0 Å². The molecule has 0 radical (unpaired) electrons. The van der Waals surface area contributed by atoms with E-state index in [1.54, 1.807) is 0 Å². The number of hydrogen-bond donors (Lipinski definition) is 0. The van der Waals surface area contributed by atoms with Crippen LogP contribution in [0.3, 0.4) is 0 Å². The average molecular weight is 686 g/mol. The summed E-state index contributed by atoms with van der Waals surface area (Å²) in [6, 6.07) is 61.1. The molecule has 254 valence electrons. The number of rotatable bonds is 5. The zero-order valence-corrected chi connectivity index (χ0v) is 29.4. The van der Waals surface area contributed by atoms with E-state index >= 15 is 0 Å². The summed E-state index contributed by atoms with van der Waals surface area (Å²) in [7, 11) is 0. The molecule has 53 heavy (non-hydrogen) atoms. The molecule has 10 rings (SSSR count). The zero-order valence-electron chi connectivity index (χ0n) is 29.4. The van der Waals surface area contributed by atoms with Crippen LogP contribution in [0.1, 0.15) is 25.0 Å². The van der Waals surface area contributed by atoms with Crippen LogP contribution in [0.4, 0.5) is 34.1 Å². The van der Waals surface area contributed by atoms with E-state index in [9.17, 15) is 0 Å². The van der Waals surface area contributed by atoms with Crippen LogP contribution in [-0.2, 0) is 5.41 Å². The highest BCUT2D eigenvalue weighted by atomic mass is 16.5. The number of anilines is 6. The molecule has 0 aliphatic carbocycles. The van der Waals surface area contributed by atoms with Crippen LogP contribution in [0, 0.1) is 0 Å². The summed E-state index contributed by atoms with van der Waals surface area (Å²) in [6.07, 6.45) is 0. The average Bonchev–Trinajstić information content (AvgIpc) is 3.67. The van der Waals surface area contributed by atoms with Gasteiger partial charge in [0, 0.05) is 27.9 Å². The number of ether oxygens (including phenoxy) is 1. The van der Waals surface area contributed by atoms with Gasteiger partial charge in [0.2, 0.25) is 0 Å². The first-order chi connectivity index (χ1) is 26.0. The van der Waals surface area contributed by atoms with Crippen molar-refractivity contribution in [1.82, 2.24) is 14.8 Å². The first-order valence-corrected chi connectivity index (χ1v) is 17.9. The third kappa shape index (κ3) is 5.02. The van der Waals surface area contributed by atoms with Crippen molar-refractivity contribution >= 4 is 34.1 Å². The van der Waals surface area contributed by atoms with Crippen LogP contribution in [0.5, 0.6) is 11.5 Å². The third-order valence-electron chi connectivity index (χ3n) is 10.4. The Bertz CT molecular complexity index is 2530. The lowest BCUT2D eigenvalue weighted by Crippen LogP contribution is -2.30. The van der Waals surface area contributed by atoms with Gasteiger partial charge in [0.05, 0.1) is 28.4 Å². The second-order valence-corrected chi connectivity index (χ2v) is 14.0. The number of fused-ring (bicyclic) bond motifs is 4. The summed E-state index contributed by atoms with van der Waals surface area (Å²) in [6.45, 7) is 4.63. The quantitative estimate of drug-likeness (QED) is 0.180. The largest absolute Gasteiger partial charge is 0.453 e. The second-order valence-electron chi connectivity index (χ2n) is 14.0. The maximum atomic E-state index is 6.24. The standard InChI is InChI=1S/C47H35N5O/c1-47(2)37-16-6-8-18-39(37)50(40-19-9-7-17-38(40)47)34-30-26-33(27-31-34)46-48-45(49-52(46)36-14-4-3-5-15-36)32-24-28-35(29-25-32)51-41-20-10-12-22-43(41)53-44-23-13-11-21-42(44)51/h3-31H,1-2H3. The van der Waals surface area contributed by atoms with E-state index in [1.807, 2.05) is 59.3 Å². The topological polar surface area (TPSA) is 46.4 Å². The van der Waals surface area contributed by atoms with Gasteiger partial charge in [-0.1, -0.05) is 92.7 Å². The van der Waals surface area contributed by atoms with Gasteiger partial charge in [0.25, 0.3) is 0 Å². The van der Waals surface area contributed by atoms with Crippen LogP contribution < -0.4 is 14.5 Å². The molecule has 0 N–H and O–H groups in total. The Morgan fingerprint density at radius 3 is 1.45 bits per heavy atom. The number of nitrogens with zero attached hydrogens (tertiary/aromatic N) is 5. The molecule has 0 bridgehead atoms. The lowest BCUT2D eigenvalue weighted by Gasteiger charge is -2.42. The molecule has 0 fully saturated rings. The summed E-state index contributed by atoms with van der Waals surface area (Å²) in [5.41, 5.74) is 11.9. The van der Waals surface area contributed by atoms with E-state index in [1.165, 1.54) is 22.5 Å². The van der Waals surface area contributed by atoms with Gasteiger partial charge in [0.1, 0.15) is 0 Å². The molecule has 6 heteroatoms. The molecule has 0 saturated heterocycles. The van der Waals surface area contributed by atoms with E-state index in [2.05, 4.69) is 145 Å². The number of aromatic nitrogens is 3. The van der Waals surface area contributed by atoms with Crippen molar-refractivity contribution in [1.29, 1.82) is 0 Å². The molecular formula is C47H35N5O. The molecule has 6 nitrogen and oxygen atoms in total. The minimum Gasteiger partial charge on any atom is -0.453 e. The van der Waals surface area contributed by atoms with Crippen molar-refractivity contribution in [2.75, 3.05) is 9.80 Å². The van der Waals surface area contributed by atoms with Crippen molar-refractivity contribution in [3.63, 3.8) is 0 Å². The number of hydrogen-bond acceptors (Lipinski definition) is 5. The predicted molar refractivity (Wildman–Crippen MR) is 214 cm³/mol. The molecule has 0 saturated carbocycles. The highest BCUT2D eigenvalue weighted by molar-refractivity contribution is 5.88. The Morgan fingerprint density at radius 2 is 0.887 bits per heavy atom. The van der Waals surface area contributed by atoms with Crippen LogP contribution >= 0.6 is 0 Å². The SMILES string of the molecule is CC1(C)c2ccccc2N(c2ccc(-c3nc(-c4ccc(N5c6ccccc6Oc6ccccc65)cc4)nn3-c3ccccc3)cc2)c2ccccc21. The molecule has 2 aliphatic rings. The maximum Gasteiger partial charge on any atom is 0.182 e. The Morgan fingerprint density at radius 1 is 0.434 bits per heavy atom. The van der Waals surface area contributed by atoms with Crippen molar-refractivity contribution < 1.29 is 4.74 Å². The Labute approximate surface area is 308 Å². The summed E-state index contributed by atoms with van der Waals surface area (Å²) in [5.74, 6) is 3.08. The molecule has 0 unspecified atom stereocenters. The molecule has 7 aromatic carbocycles. The normalized spacial score (nSPS) is 13.7. The van der Waals surface area contributed by atoms with Crippen molar-refractivity contribution in [2.45, 2.75) is 19.3 Å². The third-order valence-corrected chi connectivity index (χ3v) is 10.4. The fraction of sp³-hybridized carbons (Fsp3) is 0.0638. The van der Waals surface area contributed by atoms with Crippen molar-refractivity contribution in [3.05, 3.63) is 187 Å². The van der Waals surface area contributed by atoms with Gasteiger partial charge in [-0.25, -0.2) is 9.67 Å². The van der Waals surface area contributed by atoms with Gasteiger partial charge >= 0.3 is 0 Å². The summed E-state index contributed by atoms with van der Waals surface area (Å²) < 4.78 is 8.18. The zero-order chi connectivity index (χ0) is 35.5. The van der Waals surface area contributed by atoms with Gasteiger partial charge < -0.3 is 14.5 Å². The van der Waals surface area contributed by atoms with Gasteiger partial charge in [-0.3, -0.25) is 0 Å². The Balaban J connectivity index is 1.03. The Hall–Kier alpha value is -6.92. The molecule has 2 aliphatic heterocycles. The monoisotopic (exact) mass is 685 g/mol. The fourth-order valence-corrected chi connectivity index (χ4v) is 7.82. The molecule has 8 aromatic rings. The van der Waals surface area contributed by atoms with Gasteiger partial charge in [-0.05, 0) is 108 Å². The van der Waals surface area contributed by atoms with E-state index in [4.69, 9.17) is 14.8 Å². The highest BCUT2D eigenvalue weighted by Gasteiger charge is 2.36. The first kappa shape index (κ1) is 30.9. The molecular weight excluding hydrogens is 651 g/mol. The highest BCUT2D eigenvalue weighted by Crippen LogP contribution is 2.52. The van der Waals surface area contributed by atoms with E-state index in [-0.39, 0.29) is 5.41 Å². The molecule has 0 spiro atoms. The van der Waals surface area contributed by atoms with Crippen molar-refractivity contribution in [3.8, 4) is 40.0 Å². The van der Waals surface area contributed by atoms with Gasteiger partial charge in [-0.15, -0.1) is 5.10 Å². The van der Waals surface area contributed by atoms with Gasteiger partial charge in [0.15, 0.2) is 23.1 Å². The van der Waals surface area contributed by atoms with Gasteiger partial charge in [-0.2, -0.15) is 0 Å². The lowest BCUT2D eigenvalue weighted by atomic mass is 9.73. The fourth-order valence-electron chi connectivity index (χ4n) is 7.82. The van der Waals surface area contributed by atoms with Crippen LogP contribution in [0.2, 0.25) is 0 Å². The first-order valence-electron chi connectivity index (χ1n) is 17.9. The smallest absolute Gasteiger partial charge is 0.182 e. The Kier molecular flexibility index (Phi) is 7.05. The summed E-state index contributed by atoms with van der Waals surface area (Å²) >= 11 is 0.